The first-order chi connectivity index (χ1) is 0. The molecular weight excluding hydrogens is 106 g/mol. The number of hydrogen-bond acceptors (Lipinski definition) is 0. The average Bonchev–Trinajstić information content (AvgIpc) is 0. The van der Waals surface area contributed by atoms with Crippen molar-refractivity contribution in [2.24, 2.45) is 0 Å². The molecule has 0 amide bonds. The van der Waals surface area contributed by atoms with Crippen LogP contribution in [0.5, 0.6) is 0 Å². The van der Waals surface area contributed by atoms with Gasteiger partial charge in [-0.15, -0.1) is 0 Å². The molecule has 0 aromatic rings. The van der Waals surface area contributed by atoms with Crippen molar-refractivity contribution in [1.82, 2.24) is 0 Å². The van der Waals surface area contributed by atoms with Gasteiger partial charge in [-0.1, -0.05) is 0 Å². The molecule has 0 aromatic carbocycles. The van der Waals surface area contributed by atoms with Crippen LogP contribution in [0.25, 0.3) is 0 Å². The van der Waals surface area contributed by atoms with E-state index in [0.717, 1.165) is 0 Å². The minimum Gasteiger partial charge on any atom is -0.0149 e. The van der Waals surface area contributed by atoms with E-state index in [1.165, 1.54) is 0 Å². The van der Waals surface area contributed by atoms with E-state index in [-0.39, 0.29) is 74.5 Å². The Morgan fingerprint density at radius 1 is 1.00 bits per heavy atom. The predicted octanol–water partition coefficient (Wildman–Crippen LogP) is -4.74. The van der Waals surface area contributed by atoms with Crippen LogP contribution in [-0.4, -0.2) is 74.5 Å². The van der Waals surface area contributed by atoms with Crippen LogP contribution < -0.4 is 0 Å². The molecule has 0 fully saturated rings. The zero-order valence-corrected chi connectivity index (χ0v) is 0. The molecule has 0 aliphatic heterocycles. The Morgan fingerprint density at radius 2 is 1.00 bits per heavy atom. The maximum absolute atomic E-state index is 0. The maximum atomic E-state index is 0. The van der Waals surface area contributed by atoms with Gasteiger partial charge in [0.1, 0.15) is 0 Å². The zero-order chi connectivity index (χ0) is 0. The van der Waals surface area contributed by atoms with Crippen LogP contribution >= 0.6 is 0 Å². The van der Waals surface area contributed by atoms with Crippen molar-refractivity contribution in [3.63, 3.8) is 0 Å². The largest absolute Gasteiger partial charge is 0.0149 e. The third kappa shape index (κ3) is 8.95. The predicted molar refractivity (Wildman–Crippen MR) is 39.8 cm³/mol. The second kappa shape index (κ2) is 19.6. The molecule has 0 bridgehead atoms. The van der Waals surface area contributed by atoms with Crippen molar-refractivity contribution in [2.45, 2.75) is 0 Å². The van der Waals surface area contributed by atoms with Crippen LogP contribution in [-0.2, 0) is 0 Å². The van der Waals surface area contributed by atoms with Gasteiger partial charge in [0.25, 0.3) is 0 Å². The Balaban J connectivity index is 0. The molecule has 0 radical (unpaired) electrons. The zero-order valence-electron chi connectivity index (χ0n) is 0. The second-order valence-electron chi connectivity index (χ2n) is 0. The van der Waals surface area contributed by atoms with Gasteiger partial charge in [0.2, 0.25) is 0 Å². The topological polar surface area (TPSA) is 0 Å². The summed E-state index contributed by atoms with van der Waals surface area (Å²) in [7, 11) is 0. The van der Waals surface area contributed by atoms with Gasteiger partial charge < -0.3 is 0 Å². The first-order valence-corrected chi connectivity index (χ1v) is 0. The summed E-state index contributed by atoms with van der Waals surface area (Å²) >= 11 is 0. The standard InChI is InChI=1S/Al.BH3.Ca.H4Si.5H/h;1H3;;1H4;;;;;. The van der Waals surface area contributed by atoms with Crippen LogP contribution in [0.15, 0.2) is 0 Å². The third-order valence-electron chi connectivity index (χ3n) is 0. The molecule has 0 unspecified atom stereocenters. The molecular formula is H12AlBCaSi. The van der Waals surface area contributed by atoms with Crippen molar-refractivity contribution < 1.29 is 0 Å². The molecule has 0 saturated carbocycles. The van der Waals surface area contributed by atoms with Crippen molar-refractivity contribution in [3.05, 3.63) is 0 Å². The first kappa shape index (κ1) is 36.4. The van der Waals surface area contributed by atoms with E-state index in [0.29, 0.717) is 0 Å². The summed E-state index contributed by atoms with van der Waals surface area (Å²) in [5.41, 5.74) is 0. The van der Waals surface area contributed by atoms with Gasteiger partial charge in [-0.2, -0.15) is 0 Å². The maximum Gasteiger partial charge on any atom is -0.0149 e. The molecule has 0 spiro atoms. The quantitative estimate of drug-likeness (QED) is 0.280. The van der Waals surface area contributed by atoms with Crippen LogP contribution in [0, 0.1) is 0 Å². The minimum atomic E-state index is 0. The Kier molecular flexibility index (Phi) is 178. The van der Waals surface area contributed by atoms with Crippen molar-refractivity contribution in [1.29, 1.82) is 0 Å². The monoisotopic (exact) mass is 118 g/mol. The Bertz CT molecular complexity index is 8.00. The smallest absolute Gasteiger partial charge is 0.0149 e. The average molecular weight is 118 g/mol. The number of rotatable bonds is 0. The van der Waals surface area contributed by atoms with E-state index in [1.54, 1.807) is 0 Å². The van der Waals surface area contributed by atoms with E-state index in [1.807, 2.05) is 0 Å². The summed E-state index contributed by atoms with van der Waals surface area (Å²) in [6.45, 7) is 0. The van der Waals surface area contributed by atoms with Crippen LogP contribution in [0.3, 0.4) is 0 Å². The molecule has 0 aromatic heterocycles. The van der Waals surface area contributed by atoms with Gasteiger partial charge in [0.15, 0.2) is 17.4 Å². The summed E-state index contributed by atoms with van der Waals surface area (Å²) in [6, 6.07) is 0. The van der Waals surface area contributed by atoms with Gasteiger partial charge in [0.05, 0.1) is 8.41 Å². The van der Waals surface area contributed by atoms with E-state index in [4.69, 9.17) is 0 Å². The van der Waals surface area contributed by atoms with Crippen molar-refractivity contribution >= 4 is 74.5 Å². The van der Waals surface area contributed by atoms with Crippen LogP contribution in [0.1, 0.15) is 0 Å². The molecule has 0 nitrogen and oxygen atoms in total. The van der Waals surface area contributed by atoms with E-state index < -0.39 is 0 Å². The summed E-state index contributed by atoms with van der Waals surface area (Å²) in [5.74, 6) is 0. The van der Waals surface area contributed by atoms with Gasteiger partial charge in [-0.25, -0.2) is 0 Å². The fourth-order valence-corrected chi connectivity index (χ4v) is 0. The Hall–Kier alpha value is 2.07. The summed E-state index contributed by atoms with van der Waals surface area (Å²) in [5, 5.41) is 0. The Morgan fingerprint density at radius 3 is 1.00 bits per heavy atom. The fourth-order valence-electron chi connectivity index (χ4n) is 0. The van der Waals surface area contributed by atoms with Crippen molar-refractivity contribution in [3.8, 4) is 0 Å². The first-order valence-electron chi connectivity index (χ1n) is 0. The molecule has 0 N–H and O–H groups in total. The minimum absolute atomic E-state index is 0. The van der Waals surface area contributed by atoms with E-state index in [2.05, 4.69) is 0 Å². The van der Waals surface area contributed by atoms with Gasteiger partial charge in [0, 0.05) is 0 Å². The molecule has 0 aliphatic rings. The molecule has 0 atom stereocenters. The normalized spacial score (nSPS) is 0. The van der Waals surface area contributed by atoms with Crippen molar-refractivity contribution in [2.75, 3.05) is 0 Å². The fraction of sp³-hybridized carbons (Fsp3) is 0. The summed E-state index contributed by atoms with van der Waals surface area (Å²) in [4.78, 5) is 0. The molecule has 0 saturated heterocycles. The second-order valence-corrected chi connectivity index (χ2v) is 0. The SMILES string of the molecule is B.[AlH3].[CaH2].[SiH4]. The molecule has 4 heteroatoms. The van der Waals surface area contributed by atoms with Crippen LogP contribution in [0.2, 0.25) is 0 Å². The van der Waals surface area contributed by atoms with Gasteiger partial charge in [-0.05, 0) is 11.0 Å². The molecule has 24 valence electrons. The number of hydrogen-bond donors (Lipinski definition) is 0. The Labute approximate surface area is 73.5 Å². The summed E-state index contributed by atoms with van der Waals surface area (Å²) in [6.07, 6.45) is 0. The van der Waals surface area contributed by atoms with E-state index in [9.17, 15) is 0 Å². The van der Waals surface area contributed by atoms with E-state index >= 15 is 0 Å². The van der Waals surface area contributed by atoms with Gasteiger partial charge >= 0.3 is 37.7 Å². The van der Waals surface area contributed by atoms with Gasteiger partial charge in [-0.3, -0.25) is 0 Å². The van der Waals surface area contributed by atoms with Crippen LogP contribution in [0.4, 0.5) is 0 Å². The molecule has 4 heavy (non-hydrogen) atoms. The molecule has 0 aliphatic carbocycles. The summed E-state index contributed by atoms with van der Waals surface area (Å²) < 4.78 is 0. The molecule has 0 rings (SSSR count). The third-order valence-corrected chi connectivity index (χ3v) is 0. The molecule has 0 heterocycles.